The molecule has 0 aromatic carbocycles. The van der Waals surface area contributed by atoms with Crippen LogP contribution in [-0.2, 0) is 9.47 Å². The van der Waals surface area contributed by atoms with Crippen molar-refractivity contribution >= 4 is 0 Å². The lowest BCUT2D eigenvalue weighted by molar-refractivity contribution is -0.214. The minimum atomic E-state index is -1.20. The predicted octanol–water partition coefficient (Wildman–Crippen LogP) is 1.02. The second kappa shape index (κ2) is 3.63. The monoisotopic (exact) mass is 164 g/mol. The quantitative estimate of drug-likeness (QED) is 0.539. The highest BCUT2D eigenvalue weighted by Crippen LogP contribution is 2.21. The molecule has 1 fully saturated rings. The first-order valence-corrected chi connectivity index (χ1v) is 3.99. The first kappa shape index (κ1) is 9.13. The minimum Gasteiger partial charge on any atom is -0.329 e. The molecule has 1 saturated heterocycles. The van der Waals surface area contributed by atoms with Crippen LogP contribution in [0, 0.1) is 30.6 Å². The van der Waals surface area contributed by atoms with Crippen LogP contribution in [0.1, 0.15) is 13.3 Å². The maximum absolute atomic E-state index is 5.27. The summed E-state index contributed by atoms with van der Waals surface area (Å²) in [6.45, 7) is 3.26. The van der Waals surface area contributed by atoms with Gasteiger partial charge in [0.15, 0.2) is 0 Å². The third-order valence-electron chi connectivity index (χ3n) is 2.00. The zero-order valence-electron chi connectivity index (χ0n) is 7.17. The van der Waals surface area contributed by atoms with E-state index < -0.39 is 5.79 Å². The van der Waals surface area contributed by atoms with Crippen molar-refractivity contribution < 1.29 is 9.47 Å². The Morgan fingerprint density at radius 1 is 1.33 bits per heavy atom. The summed E-state index contributed by atoms with van der Waals surface area (Å²) in [6.07, 6.45) is 11.4. The second-order valence-electron chi connectivity index (χ2n) is 2.80. The van der Waals surface area contributed by atoms with Gasteiger partial charge in [0.1, 0.15) is 0 Å². The van der Waals surface area contributed by atoms with E-state index in [0.717, 1.165) is 6.42 Å². The van der Waals surface area contributed by atoms with Crippen LogP contribution in [0.5, 0.6) is 0 Å². The molecular formula is C10H12O2. The molecule has 0 radical (unpaired) electrons. The van der Waals surface area contributed by atoms with Crippen molar-refractivity contribution in [3.8, 4) is 24.7 Å². The summed E-state index contributed by atoms with van der Waals surface area (Å²) >= 11 is 0. The molecule has 0 spiro atoms. The Morgan fingerprint density at radius 2 is 1.83 bits per heavy atom. The summed E-state index contributed by atoms with van der Waals surface area (Å²) in [4.78, 5) is 0. The lowest BCUT2D eigenvalue weighted by atomic mass is 10.1. The summed E-state index contributed by atoms with van der Waals surface area (Å²) in [6, 6.07) is 0. The molecule has 0 bridgehead atoms. The van der Waals surface area contributed by atoms with Gasteiger partial charge >= 0.3 is 0 Å². The summed E-state index contributed by atoms with van der Waals surface area (Å²) < 4.78 is 10.5. The van der Waals surface area contributed by atoms with Crippen molar-refractivity contribution in [2.45, 2.75) is 19.1 Å². The van der Waals surface area contributed by atoms with Gasteiger partial charge in [0.2, 0.25) is 0 Å². The van der Waals surface area contributed by atoms with Crippen molar-refractivity contribution in [2.24, 2.45) is 5.92 Å². The molecule has 0 saturated carbocycles. The zero-order chi connectivity index (χ0) is 9.03. The fraction of sp³-hybridized carbons (Fsp3) is 0.600. The lowest BCUT2D eigenvalue weighted by Gasteiger charge is -2.32. The smallest absolute Gasteiger partial charge is 0.300 e. The summed E-state index contributed by atoms with van der Waals surface area (Å²) in [5.74, 6) is 3.88. The van der Waals surface area contributed by atoms with Crippen LogP contribution < -0.4 is 0 Å². The molecule has 0 aliphatic carbocycles. The number of rotatable bonds is 1. The summed E-state index contributed by atoms with van der Waals surface area (Å²) in [5.41, 5.74) is 0. The van der Waals surface area contributed by atoms with Gasteiger partial charge in [-0.3, -0.25) is 0 Å². The number of hydrogen-bond donors (Lipinski definition) is 0. The Bertz CT molecular complexity index is 207. The fourth-order valence-electron chi connectivity index (χ4n) is 1.00. The lowest BCUT2D eigenvalue weighted by Crippen LogP contribution is -2.41. The van der Waals surface area contributed by atoms with Crippen LogP contribution in [0.15, 0.2) is 0 Å². The van der Waals surface area contributed by atoms with Crippen LogP contribution >= 0.6 is 0 Å². The average Bonchev–Trinajstić information content (AvgIpc) is 2.18. The van der Waals surface area contributed by atoms with E-state index in [2.05, 4.69) is 18.8 Å². The normalized spacial score (nSPS) is 22.6. The van der Waals surface area contributed by atoms with E-state index in [4.69, 9.17) is 22.3 Å². The Balaban J connectivity index is 2.57. The van der Waals surface area contributed by atoms with Crippen LogP contribution in [0.3, 0.4) is 0 Å². The predicted molar refractivity (Wildman–Crippen MR) is 46.1 cm³/mol. The van der Waals surface area contributed by atoms with Crippen molar-refractivity contribution in [2.75, 3.05) is 13.2 Å². The van der Waals surface area contributed by atoms with Gasteiger partial charge in [-0.05, 0) is 18.3 Å². The fourth-order valence-corrected chi connectivity index (χ4v) is 1.00. The van der Waals surface area contributed by atoms with Crippen molar-refractivity contribution in [3.63, 3.8) is 0 Å². The highest BCUT2D eigenvalue weighted by Gasteiger charge is 2.33. The zero-order valence-corrected chi connectivity index (χ0v) is 7.17. The molecule has 64 valence electrons. The van der Waals surface area contributed by atoms with Crippen LogP contribution in [0.25, 0.3) is 0 Å². The molecule has 1 aliphatic heterocycles. The maximum Gasteiger partial charge on any atom is 0.300 e. The number of hydrogen-bond acceptors (Lipinski definition) is 2. The summed E-state index contributed by atoms with van der Waals surface area (Å²) in [7, 11) is 0. The molecule has 0 aromatic heterocycles. The average molecular weight is 164 g/mol. The van der Waals surface area contributed by atoms with Gasteiger partial charge < -0.3 is 9.47 Å². The molecule has 2 nitrogen and oxygen atoms in total. The SMILES string of the molecule is C#CC1(C#C)OCC(CC)CO1. The first-order chi connectivity index (χ1) is 5.76. The topological polar surface area (TPSA) is 18.5 Å². The van der Waals surface area contributed by atoms with Crippen LogP contribution in [0.2, 0.25) is 0 Å². The van der Waals surface area contributed by atoms with Gasteiger partial charge in [0.25, 0.3) is 5.79 Å². The third kappa shape index (κ3) is 1.61. The number of terminal acetylenes is 2. The number of ether oxygens (including phenoxy) is 2. The molecule has 12 heavy (non-hydrogen) atoms. The van der Waals surface area contributed by atoms with E-state index in [0.29, 0.717) is 19.1 Å². The van der Waals surface area contributed by atoms with Gasteiger partial charge in [0, 0.05) is 5.92 Å². The van der Waals surface area contributed by atoms with Crippen molar-refractivity contribution in [1.29, 1.82) is 0 Å². The molecule has 1 heterocycles. The molecule has 0 atom stereocenters. The molecular weight excluding hydrogens is 152 g/mol. The first-order valence-electron chi connectivity index (χ1n) is 3.99. The molecule has 0 amide bonds. The van der Waals surface area contributed by atoms with Gasteiger partial charge in [0.05, 0.1) is 13.2 Å². The van der Waals surface area contributed by atoms with E-state index in [9.17, 15) is 0 Å². The van der Waals surface area contributed by atoms with E-state index in [1.165, 1.54) is 0 Å². The second-order valence-corrected chi connectivity index (χ2v) is 2.80. The largest absolute Gasteiger partial charge is 0.329 e. The van der Waals surface area contributed by atoms with E-state index in [-0.39, 0.29) is 0 Å². The highest BCUT2D eigenvalue weighted by molar-refractivity contribution is 5.20. The standard InChI is InChI=1S/C10H12O2/c1-4-9-7-11-10(5-2,6-3)12-8-9/h2-3,9H,4,7-8H2,1H3. The van der Waals surface area contributed by atoms with Gasteiger partial charge in [-0.2, -0.15) is 0 Å². The molecule has 0 N–H and O–H groups in total. The Hall–Kier alpha value is -0.960. The Morgan fingerprint density at radius 3 is 2.17 bits per heavy atom. The van der Waals surface area contributed by atoms with E-state index in [1.807, 2.05) is 0 Å². The van der Waals surface area contributed by atoms with Gasteiger partial charge in [-0.1, -0.05) is 6.92 Å². The van der Waals surface area contributed by atoms with Crippen LogP contribution in [0.4, 0.5) is 0 Å². The van der Waals surface area contributed by atoms with E-state index >= 15 is 0 Å². The highest BCUT2D eigenvalue weighted by atomic mass is 16.7. The molecule has 1 rings (SSSR count). The minimum absolute atomic E-state index is 0.417. The van der Waals surface area contributed by atoms with Gasteiger partial charge in [-0.25, -0.2) is 0 Å². The third-order valence-corrected chi connectivity index (χ3v) is 2.00. The van der Waals surface area contributed by atoms with Crippen LogP contribution in [-0.4, -0.2) is 19.0 Å². The Labute approximate surface area is 73.2 Å². The molecule has 0 aromatic rings. The molecule has 2 heteroatoms. The molecule has 0 unspecified atom stereocenters. The van der Waals surface area contributed by atoms with Gasteiger partial charge in [-0.15, -0.1) is 12.8 Å². The summed E-state index contributed by atoms with van der Waals surface area (Å²) in [5, 5.41) is 0. The van der Waals surface area contributed by atoms with E-state index in [1.54, 1.807) is 0 Å². The van der Waals surface area contributed by atoms with Crippen molar-refractivity contribution in [3.05, 3.63) is 0 Å². The molecule has 1 aliphatic rings. The maximum atomic E-state index is 5.27. The Kier molecular flexibility index (Phi) is 2.76. The van der Waals surface area contributed by atoms with Crippen molar-refractivity contribution in [1.82, 2.24) is 0 Å².